The van der Waals surface area contributed by atoms with Crippen LogP contribution in [0.3, 0.4) is 0 Å². The molecule has 3 atom stereocenters. The molecule has 0 radical (unpaired) electrons. The molecular formula is C14H24N2O3. The van der Waals surface area contributed by atoms with Gasteiger partial charge in [0.05, 0.1) is 6.42 Å². The minimum atomic E-state index is -0.895. The molecule has 108 valence electrons. The molecule has 3 unspecified atom stereocenters. The summed E-state index contributed by atoms with van der Waals surface area (Å²) in [6.45, 7) is 7.04. The molecule has 0 saturated heterocycles. The van der Waals surface area contributed by atoms with E-state index >= 15 is 0 Å². The molecule has 0 aromatic carbocycles. The first-order chi connectivity index (χ1) is 8.77. The first-order valence-electron chi connectivity index (χ1n) is 7.03. The van der Waals surface area contributed by atoms with Crippen LogP contribution in [0.4, 0.5) is 4.79 Å². The Labute approximate surface area is 114 Å². The van der Waals surface area contributed by atoms with Crippen LogP contribution in [0.15, 0.2) is 0 Å². The molecule has 0 aliphatic heterocycles. The van der Waals surface area contributed by atoms with Gasteiger partial charge in [0.15, 0.2) is 0 Å². The van der Waals surface area contributed by atoms with Crippen molar-refractivity contribution in [2.24, 2.45) is 16.7 Å². The van der Waals surface area contributed by atoms with E-state index < -0.39 is 5.97 Å². The van der Waals surface area contributed by atoms with Gasteiger partial charge < -0.3 is 15.7 Å². The molecule has 2 aliphatic rings. The fourth-order valence-corrected chi connectivity index (χ4v) is 3.91. The summed E-state index contributed by atoms with van der Waals surface area (Å²) in [5.41, 5.74) is 0.424. The summed E-state index contributed by atoms with van der Waals surface area (Å²) >= 11 is 0. The largest absolute Gasteiger partial charge is 0.481 e. The highest BCUT2D eigenvalue weighted by molar-refractivity contribution is 5.75. The highest BCUT2D eigenvalue weighted by Crippen LogP contribution is 2.65. The third-order valence-electron chi connectivity index (χ3n) is 5.72. The van der Waals surface area contributed by atoms with Gasteiger partial charge in [-0.05, 0) is 36.0 Å². The predicted octanol–water partition coefficient (Wildman–Crippen LogP) is 1.98. The number of carboxylic acid groups (broad SMARTS) is 1. The number of rotatable bonds is 4. The van der Waals surface area contributed by atoms with E-state index in [4.69, 9.17) is 5.11 Å². The van der Waals surface area contributed by atoms with Gasteiger partial charge in [0.1, 0.15) is 0 Å². The van der Waals surface area contributed by atoms with Crippen molar-refractivity contribution in [3.05, 3.63) is 0 Å². The average Bonchev–Trinajstić information content (AvgIpc) is 2.61. The lowest BCUT2D eigenvalue weighted by atomic mass is 9.69. The molecule has 0 spiro atoms. The lowest BCUT2D eigenvalue weighted by molar-refractivity contribution is -0.136. The Hall–Kier alpha value is -1.26. The topological polar surface area (TPSA) is 78.4 Å². The number of fused-ring (bicyclic) bond motifs is 2. The van der Waals surface area contributed by atoms with Crippen LogP contribution in [0.1, 0.15) is 46.5 Å². The van der Waals surface area contributed by atoms with E-state index in [1.807, 2.05) is 0 Å². The molecule has 2 rings (SSSR count). The number of amides is 2. The smallest absolute Gasteiger partial charge is 0.315 e. The zero-order valence-electron chi connectivity index (χ0n) is 12.0. The number of urea groups is 1. The lowest BCUT2D eigenvalue weighted by Gasteiger charge is -2.39. The van der Waals surface area contributed by atoms with Gasteiger partial charge in [-0.2, -0.15) is 0 Å². The second-order valence-corrected chi connectivity index (χ2v) is 6.71. The highest BCUT2D eigenvalue weighted by Gasteiger charge is 2.61. The molecule has 3 N–H and O–H groups in total. The maximum atomic E-state index is 11.8. The summed E-state index contributed by atoms with van der Waals surface area (Å²) in [5, 5.41) is 14.2. The number of carbonyl (C=O) groups excluding carboxylic acids is 1. The third-order valence-corrected chi connectivity index (χ3v) is 5.72. The Morgan fingerprint density at radius 1 is 1.32 bits per heavy atom. The molecular weight excluding hydrogens is 244 g/mol. The molecule has 2 bridgehead atoms. The van der Waals surface area contributed by atoms with Crippen LogP contribution in [-0.4, -0.2) is 29.7 Å². The second kappa shape index (κ2) is 4.69. The van der Waals surface area contributed by atoms with Crippen molar-refractivity contribution in [1.82, 2.24) is 10.6 Å². The van der Waals surface area contributed by atoms with Crippen LogP contribution in [-0.2, 0) is 4.79 Å². The molecule has 2 fully saturated rings. The van der Waals surface area contributed by atoms with Crippen molar-refractivity contribution in [2.75, 3.05) is 6.54 Å². The first-order valence-corrected chi connectivity index (χ1v) is 7.03. The van der Waals surface area contributed by atoms with Crippen LogP contribution < -0.4 is 10.6 Å². The first kappa shape index (κ1) is 14.2. The average molecular weight is 268 g/mol. The standard InChI is InChI=1S/C14H24N2O3/c1-13(2)9-4-6-14(13,3)10(8-9)16-12(19)15-7-5-11(17)18/h9-10H,4-8H2,1-3H3,(H,17,18)(H2,15,16,19). The Morgan fingerprint density at radius 3 is 2.47 bits per heavy atom. The summed E-state index contributed by atoms with van der Waals surface area (Å²) in [5.74, 6) is -0.213. The van der Waals surface area contributed by atoms with Crippen molar-refractivity contribution in [2.45, 2.75) is 52.5 Å². The second-order valence-electron chi connectivity index (χ2n) is 6.71. The fourth-order valence-electron chi connectivity index (χ4n) is 3.91. The predicted molar refractivity (Wildman–Crippen MR) is 71.8 cm³/mol. The van der Waals surface area contributed by atoms with Crippen molar-refractivity contribution < 1.29 is 14.7 Å². The molecule has 2 aliphatic carbocycles. The van der Waals surface area contributed by atoms with E-state index in [1.165, 1.54) is 6.42 Å². The molecule has 19 heavy (non-hydrogen) atoms. The summed E-state index contributed by atoms with van der Waals surface area (Å²) < 4.78 is 0. The van der Waals surface area contributed by atoms with Crippen LogP contribution in [0.5, 0.6) is 0 Å². The third kappa shape index (κ3) is 2.30. The Bertz CT molecular complexity index is 394. The summed E-state index contributed by atoms with van der Waals surface area (Å²) in [6, 6.07) is -0.0399. The number of nitrogens with one attached hydrogen (secondary N) is 2. The van der Waals surface area contributed by atoms with Gasteiger partial charge in [-0.3, -0.25) is 4.79 Å². The zero-order valence-corrected chi connectivity index (χ0v) is 12.0. The lowest BCUT2D eigenvalue weighted by Crippen LogP contribution is -2.50. The van der Waals surface area contributed by atoms with Crippen molar-refractivity contribution in [3.8, 4) is 0 Å². The quantitative estimate of drug-likeness (QED) is 0.729. The fraction of sp³-hybridized carbons (Fsp3) is 0.857. The molecule has 0 aromatic rings. The Morgan fingerprint density at radius 2 is 2.00 bits per heavy atom. The van der Waals surface area contributed by atoms with E-state index in [0.717, 1.165) is 12.8 Å². The zero-order chi connectivity index (χ0) is 14.3. The number of carbonyl (C=O) groups is 2. The minimum Gasteiger partial charge on any atom is -0.481 e. The van der Waals surface area contributed by atoms with Gasteiger partial charge in [-0.25, -0.2) is 4.79 Å². The maximum Gasteiger partial charge on any atom is 0.315 e. The highest BCUT2D eigenvalue weighted by atomic mass is 16.4. The normalized spacial score (nSPS) is 35.1. The van der Waals surface area contributed by atoms with Crippen molar-refractivity contribution >= 4 is 12.0 Å². The molecule has 5 heteroatoms. The van der Waals surface area contributed by atoms with E-state index in [1.54, 1.807) is 0 Å². The molecule has 2 amide bonds. The number of hydrogen-bond acceptors (Lipinski definition) is 2. The molecule has 0 heterocycles. The van der Waals surface area contributed by atoms with Crippen molar-refractivity contribution in [1.29, 1.82) is 0 Å². The van der Waals surface area contributed by atoms with E-state index in [0.29, 0.717) is 5.92 Å². The summed E-state index contributed by atoms with van der Waals surface area (Å²) in [6.07, 6.45) is 3.41. The van der Waals surface area contributed by atoms with Gasteiger partial charge >= 0.3 is 12.0 Å². The molecule has 5 nitrogen and oxygen atoms in total. The monoisotopic (exact) mass is 268 g/mol. The SMILES string of the molecule is CC1(C)C2CCC1(C)C(NC(=O)NCCC(=O)O)C2. The minimum absolute atomic E-state index is 0.0382. The molecule has 0 aromatic heterocycles. The number of carboxylic acids is 1. The van der Waals surface area contributed by atoms with Gasteiger partial charge in [0.25, 0.3) is 0 Å². The number of hydrogen-bond donors (Lipinski definition) is 3. The summed E-state index contributed by atoms with van der Waals surface area (Å²) in [7, 11) is 0. The van der Waals surface area contributed by atoms with Gasteiger partial charge in [0, 0.05) is 12.6 Å². The van der Waals surface area contributed by atoms with Gasteiger partial charge in [-0.1, -0.05) is 20.8 Å². The van der Waals surface area contributed by atoms with E-state index in [9.17, 15) is 9.59 Å². The van der Waals surface area contributed by atoms with Crippen LogP contribution >= 0.6 is 0 Å². The van der Waals surface area contributed by atoms with Crippen LogP contribution in [0.25, 0.3) is 0 Å². The Kier molecular flexibility index (Phi) is 3.49. The van der Waals surface area contributed by atoms with Gasteiger partial charge in [0.2, 0.25) is 0 Å². The van der Waals surface area contributed by atoms with E-state index in [2.05, 4.69) is 31.4 Å². The number of aliphatic carboxylic acids is 1. The van der Waals surface area contributed by atoms with Crippen LogP contribution in [0.2, 0.25) is 0 Å². The van der Waals surface area contributed by atoms with Crippen molar-refractivity contribution in [3.63, 3.8) is 0 Å². The Balaban J connectivity index is 1.88. The van der Waals surface area contributed by atoms with Gasteiger partial charge in [-0.15, -0.1) is 0 Å². The van der Waals surface area contributed by atoms with E-state index in [-0.39, 0.29) is 35.9 Å². The van der Waals surface area contributed by atoms with Crippen LogP contribution in [0, 0.1) is 16.7 Å². The summed E-state index contributed by atoms with van der Waals surface area (Å²) in [4.78, 5) is 22.2. The molecule has 2 saturated carbocycles. The maximum absolute atomic E-state index is 11.8.